The first-order valence-corrected chi connectivity index (χ1v) is 5.68. The summed E-state index contributed by atoms with van der Waals surface area (Å²) in [5, 5.41) is 3.08. The van der Waals surface area contributed by atoms with Crippen molar-refractivity contribution < 1.29 is 9.59 Å². The Balaban J connectivity index is 2.79. The maximum Gasteiger partial charge on any atom is 0.224 e. The first-order chi connectivity index (χ1) is 8.24. The zero-order valence-electron chi connectivity index (χ0n) is 10.9. The molecule has 0 saturated carbocycles. The predicted molar refractivity (Wildman–Crippen MR) is 72.3 cm³/mol. The van der Waals surface area contributed by atoms with Gasteiger partial charge in [-0.05, 0) is 39.0 Å². The number of nitrogens with two attached hydrogens (primary N) is 2. The summed E-state index contributed by atoms with van der Waals surface area (Å²) < 4.78 is 0. The summed E-state index contributed by atoms with van der Waals surface area (Å²) in [4.78, 5) is 22.4. The monoisotopic (exact) mass is 249 g/mol. The van der Waals surface area contributed by atoms with Crippen LogP contribution in [0.5, 0.6) is 0 Å². The number of nitrogen functional groups attached to an aromatic ring is 1. The molecule has 1 amide bonds. The minimum absolute atomic E-state index is 0.0727. The number of anilines is 2. The summed E-state index contributed by atoms with van der Waals surface area (Å²) in [6.07, 6.45) is 0. The number of carbonyl (C=O) groups excluding carboxylic acids is 2. The van der Waals surface area contributed by atoms with Crippen molar-refractivity contribution in [1.29, 1.82) is 0 Å². The van der Waals surface area contributed by atoms with Crippen LogP contribution >= 0.6 is 0 Å². The molecular formula is C13H19N3O2. The van der Waals surface area contributed by atoms with Crippen molar-refractivity contribution in [2.75, 3.05) is 17.6 Å². The van der Waals surface area contributed by atoms with E-state index in [9.17, 15) is 9.59 Å². The molecule has 5 nitrogen and oxygen atoms in total. The number of benzene rings is 1. The molecule has 1 aromatic carbocycles. The summed E-state index contributed by atoms with van der Waals surface area (Å²) in [5.74, 6) is -0.445. The molecule has 0 heterocycles. The van der Waals surface area contributed by atoms with Gasteiger partial charge in [-0.3, -0.25) is 9.59 Å². The second-order valence-corrected chi connectivity index (χ2v) is 4.96. The van der Waals surface area contributed by atoms with Crippen molar-refractivity contribution in [3.8, 4) is 0 Å². The fourth-order valence-electron chi connectivity index (χ4n) is 1.40. The second-order valence-electron chi connectivity index (χ2n) is 4.96. The highest BCUT2D eigenvalue weighted by Gasteiger charge is 2.24. The van der Waals surface area contributed by atoms with Crippen LogP contribution in [0.15, 0.2) is 18.2 Å². The number of primary amides is 1. The van der Waals surface area contributed by atoms with E-state index < -0.39 is 5.41 Å². The number of Topliss-reactive ketones (excluding diaryl/α,β-unsaturated/α-hetero) is 1. The number of rotatable bonds is 5. The van der Waals surface area contributed by atoms with Crippen molar-refractivity contribution in [2.45, 2.75) is 20.8 Å². The SMILES string of the molecule is CC(=O)c1ccc(NCC(C)(C)C(N)=O)cc1N. The Morgan fingerprint density at radius 3 is 2.39 bits per heavy atom. The fraction of sp³-hybridized carbons (Fsp3) is 0.385. The van der Waals surface area contributed by atoms with E-state index in [0.29, 0.717) is 17.8 Å². The molecule has 0 aliphatic carbocycles. The molecule has 5 heteroatoms. The van der Waals surface area contributed by atoms with Gasteiger partial charge in [0.25, 0.3) is 0 Å². The van der Waals surface area contributed by atoms with Gasteiger partial charge in [-0.1, -0.05) is 0 Å². The summed E-state index contributed by atoms with van der Waals surface area (Å²) in [5.41, 5.74) is 12.1. The number of hydrogen-bond acceptors (Lipinski definition) is 4. The van der Waals surface area contributed by atoms with Crippen LogP contribution in [0.3, 0.4) is 0 Å². The minimum atomic E-state index is -0.645. The van der Waals surface area contributed by atoms with Crippen molar-refractivity contribution in [3.05, 3.63) is 23.8 Å². The van der Waals surface area contributed by atoms with Gasteiger partial charge in [-0.15, -0.1) is 0 Å². The molecule has 0 spiro atoms. The summed E-state index contributed by atoms with van der Waals surface area (Å²) in [6.45, 7) is 5.39. The summed E-state index contributed by atoms with van der Waals surface area (Å²) >= 11 is 0. The highest BCUT2D eigenvalue weighted by Crippen LogP contribution is 2.21. The lowest BCUT2D eigenvalue weighted by atomic mass is 9.92. The molecule has 1 rings (SSSR count). The number of hydrogen-bond donors (Lipinski definition) is 3. The fourth-order valence-corrected chi connectivity index (χ4v) is 1.40. The Morgan fingerprint density at radius 1 is 1.33 bits per heavy atom. The molecule has 0 bridgehead atoms. The standard InChI is InChI=1S/C13H19N3O2/c1-8(17)10-5-4-9(6-11(10)14)16-7-13(2,3)12(15)18/h4-6,16H,7,14H2,1-3H3,(H2,15,18). The average Bonchev–Trinajstić information content (AvgIpc) is 2.25. The van der Waals surface area contributed by atoms with Crippen LogP contribution in [0.4, 0.5) is 11.4 Å². The molecule has 5 N–H and O–H groups in total. The molecule has 0 radical (unpaired) electrons. The first-order valence-electron chi connectivity index (χ1n) is 5.68. The molecule has 0 aliphatic rings. The normalized spacial score (nSPS) is 11.1. The lowest BCUT2D eigenvalue weighted by molar-refractivity contribution is -0.125. The Bertz CT molecular complexity index is 481. The molecule has 18 heavy (non-hydrogen) atoms. The molecular weight excluding hydrogens is 230 g/mol. The van der Waals surface area contributed by atoms with Crippen molar-refractivity contribution in [2.24, 2.45) is 11.1 Å². The van der Waals surface area contributed by atoms with Gasteiger partial charge in [0.15, 0.2) is 5.78 Å². The van der Waals surface area contributed by atoms with E-state index >= 15 is 0 Å². The van der Waals surface area contributed by atoms with Gasteiger partial charge in [0.2, 0.25) is 5.91 Å². The third-order valence-electron chi connectivity index (χ3n) is 2.83. The highest BCUT2D eigenvalue weighted by atomic mass is 16.1. The molecule has 0 aliphatic heterocycles. The Labute approximate surface area is 107 Å². The van der Waals surface area contributed by atoms with Gasteiger partial charge in [-0.25, -0.2) is 0 Å². The van der Waals surface area contributed by atoms with Crippen LogP contribution in [-0.4, -0.2) is 18.2 Å². The van der Waals surface area contributed by atoms with Crippen LogP contribution in [0.2, 0.25) is 0 Å². The molecule has 1 aromatic rings. The van der Waals surface area contributed by atoms with Crippen LogP contribution in [0.25, 0.3) is 0 Å². The lowest BCUT2D eigenvalue weighted by Crippen LogP contribution is -2.37. The van der Waals surface area contributed by atoms with E-state index in [1.165, 1.54) is 6.92 Å². The number of ketones is 1. The molecule has 0 unspecified atom stereocenters. The number of carbonyl (C=O) groups is 2. The Hall–Kier alpha value is -2.04. The number of nitrogens with one attached hydrogen (secondary N) is 1. The van der Waals surface area contributed by atoms with Crippen molar-refractivity contribution >= 4 is 23.1 Å². The molecule has 0 saturated heterocycles. The third kappa shape index (κ3) is 3.23. The molecule has 0 fully saturated rings. The highest BCUT2D eigenvalue weighted by molar-refractivity contribution is 5.99. The summed E-state index contributed by atoms with van der Waals surface area (Å²) in [6, 6.07) is 5.09. The van der Waals surface area contributed by atoms with E-state index in [1.54, 1.807) is 32.0 Å². The molecule has 0 atom stereocenters. The molecule has 98 valence electrons. The van der Waals surface area contributed by atoms with E-state index in [4.69, 9.17) is 11.5 Å². The topological polar surface area (TPSA) is 98.2 Å². The van der Waals surface area contributed by atoms with Gasteiger partial charge in [0.1, 0.15) is 0 Å². The van der Waals surface area contributed by atoms with E-state index in [0.717, 1.165) is 5.69 Å². The Kier molecular flexibility index (Phi) is 3.96. The maximum absolute atomic E-state index is 11.2. The van der Waals surface area contributed by atoms with Gasteiger partial charge < -0.3 is 16.8 Å². The third-order valence-corrected chi connectivity index (χ3v) is 2.83. The zero-order chi connectivity index (χ0) is 13.9. The van der Waals surface area contributed by atoms with Crippen LogP contribution in [0.1, 0.15) is 31.1 Å². The maximum atomic E-state index is 11.2. The van der Waals surface area contributed by atoms with Crippen LogP contribution in [0, 0.1) is 5.41 Å². The predicted octanol–water partition coefficient (Wildman–Crippen LogP) is 1.39. The quantitative estimate of drug-likeness (QED) is 0.542. The van der Waals surface area contributed by atoms with Gasteiger partial charge in [0, 0.05) is 23.5 Å². The van der Waals surface area contributed by atoms with Gasteiger partial charge >= 0.3 is 0 Å². The van der Waals surface area contributed by atoms with Crippen molar-refractivity contribution in [3.63, 3.8) is 0 Å². The van der Waals surface area contributed by atoms with Crippen LogP contribution in [-0.2, 0) is 4.79 Å². The average molecular weight is 249 g/mol. The smallest absolute Gasteiger partial charge is 0.224 e. The van der Waals surface area contributed by atoms with Gasteiger partial charge in [-0.2, -0.15) is 0 Å². The summed E-state index contributed by atoms with van der Waals surface area (Å²) in [7, 11) is 0. The van der Waals surface area contributed by atoms with E-state index in [1.807, 2.05) is 0 Å². The number of amides is 1. The van der Waals surface area contributed by atoms with E-state index in [-0.39, 0.29) is 11.7 Å². The first kappa shape index (κ1) is 14.0. The lowest BCUT2D eigenvalue weighted by Gasteiger charge is -2.21. The molecule has 0 aromatic heterocycles. The van der Waals surface area contributed by atoms with Gasteiger partial charge in [0.05, 0.1) is 5.41 Å². The second kappa shape index (κ2) is 5.08. The largest absolute Gasteiger partial charge is 0.398 e. The van der Waals surface area contributed by atoms with Crippen molar-refractivity contribution in [1.82, 2.24) is 0 Å². The van der Waals surface area contributed by atoms with Crippen LogP contribution < -0.4 is 16.8 Å². The minimum Gasteiger partial charge on any atom is -0.398 e. The zero-order valence-corrected chi connectivity index (χ0v) is 10.9. The van der Waals surface area contributed by atoms with E-state index in [2.05, 4.69) is 5.32 Å². The Morgan fingerprint density at radius 2 is 1.94 bits per heavy atom.